The molecular weight excluding hydrogens is 566 g/mol. The number of imidazole rings is 1. The quantitative estimate of drug-likeness (QED) is 0.182. The molecular formula is C28H30Cl4N4O2. The van der Waals surface area contributed by atoms with Crippen molar-refractivity contribution < 1.29 is 9.90 Å². The monoisotopic (exact) mass is 594 g/mol. The predicted octanol–water partition coefficient (Wildman–Crippen LogP) is 6.13. The first-order chi connectivity index (χ1) is 17.5. The van der Waals surface area contributed by atoms with E-state index in [0.717, 1.165) is 35.3 Å². The van der Waals surface area contributed by atoms with Gasteiger partial charge in [0.25, 0.3) is 0 Å². The van der Waals surface area contributed by atoms with Gasteiger partial charge in [-0.25, -0.2) is 4.98 Å². The molecule has 1 heterocycles. The van der Waals surface area contributed by atoms with Gasteiger partial charge in [-0.1, -0.05) is 71.7 Å². The second-order valence-electron chi connectivity index (χ2n) is 8.47. The number of nitrogens with zero attached hydrogens (tertiary/aromatic N) is 2. The molecule has 0 bridgehead atoms. The molecule has 0 aliphatic rings. The Morgan fingerprint density at radius 1 is 0.947 bits per heavy atom. The molecule has 0 radical (unpaired) electrons. The molecule has 1 amide bonds. The number of benzene rings is 3. The molecule has 202 valence electrons. The van der Waals surface area contributed by atoms with Gasteiger partial charge in [0.15, 0.2) is 0 Å². The molecule has 0 spiro atoms. The molecule has 0 aliphatic carbocycles. The fourth-order valence-electron chi connectivity index (χ4n) is 3.87. The van der Waals surface area contributed by atoms with Gasteiger partial charge in [0.05, 0.1) is 19.1 Å². The third-order valence-electron chi connectivity index (χ3n) is 5.86. The highest BCUT2D eigenvalue weighted by Gasteiger charge is 2.13. The van der Waals surface area contributed by atoms with E-state index in [9.17, 15) is 9.90 Å². The number of hydrogen-bond donors (Lipinski definition) is 3. The van der Waals surface area contributed by atoms with Crippen LogP contribution in [0, 0.1) is 0 Å². The number of aliphatic hydroxyl groups excluding tert-OH is 1. The standard InChI is InChI=1S/C28H28Cl2N4O2.2ClH/c29-24-7-4-8-25(30)23(24)19-34-16-15-32-27(34)17-28(36)33-22-11-9-20(10-12-22)13-14-31-18-26(35)21-5-2-1-3-6-21;;/h1-12,15-16,26,31,35H,13-14,17-19H2,(H,33,36);2*1H/t26-;;/m0../s1. The Balaban J connectivity index is 0.00000253. The first-order valence-electron chi connectivity index (χ1n) is 11.7. The van der Waals surface area contributed by atoms with Gasteiger partial charge in [0.2, 0.25) is 5.91 Å². The number of aliphatic hydroxyl groups is 1. The van der Waals surface area contributed by atoms with E-state index in [1.165, 1.54) is 0 Å². The first kappa shape index (κ1) is 31.6. The Morgan fingerprint density at radius 3 is 2.32 bits per heavy atom. The van der Waals surface area contributed by atoms with Gasteiger partial charge in [0.1, 0.15) is 5.82 Å². The molecule has 3 aromatic carbocycles. The van der Waals surface area contributed by atoms with Gasteiger partial charge in [-0.2, -0.15) is 0 Å². The fraction of sp³-hybridized carbons (Fsp3) is 0.214. The molecule has 1 atom stereocenters. The Kier molecular flexibility index (Phi) is 13.1. The molecule has 38 heavy (non-hydrogen) atoms. The van der Waals surface area contributed by atoms with Crippen LogP contribution in [-0.2, 0) is 24.2 Å². The number of anilines is 1. The Morgan fingerprint density at radius 2 is 1.63 bits per heavy atom. The number of hydrogen-bond acceptors (Lipinski definition) is 4. The van der Waals surface area contributed by atoms with Crippen molar-refractivity contribution in [1.82, 2.24) is 14.9 Å². The zero-order chi connectivity index (χ0) is 25.3. The van der Waals surface area contributed by atoms with Crippen molar-refractivity contribution in [2.45, 2.75) is 25.5 Å². The summed E-state index contributed by atoms with van der Waals surface area (Å²) < 4.78 is 1.87. The normalized spacial score (nSPS) is 11.2. The SMILES string of the molecule is Cl.Cl.O=C(Cc1nccn1Cc1c(Cl)cccc1Cl)Nc1ccc(CCNC[C@H](O)c2ccccc2)cc1. The first-order valence-corrected chi connectivity index (χ1v) is 12.5. The average Bonchev–Trinajstić information content (AvgIpc) is 3.31. The predicted molar refractivity (Wildman–Crippen MR) is 159 cm³/mol. The molecule has 0 aliphatic heterocycles. The summed E-state index contributed by atoms with van der Waals surface area (Å²) in [6.45, 7) is 1.68. The van der Waals surface area contributed by atoms with E-state index in [-0.39, 0.29) is 37.1 Å². The zero-order valence-corrected chi connectivity index (χ0v) is 23.7. The van der Waals surface area contributed by atoms with Crippen LogP contribution in [0.2, 0.25) is 10.0 Å². The van der Waals surface area contributed by atoms with E-state index in [2.05, 4.69) is 15.6 Å². The van der Waals surface area contributed by atoms with Crippen molar-refractivity contribution in [3.63, 3.8) is 0 Å². The second-order valence-corrected chi connectivity index (χ2v) is 9.29. The smallest absolute Gasteiger partial charge is 0.231 e. The van der Waals surface area contributed by atoms with Crippen LogP contribution in [0.25, 0.3) is 0 Å². The van der Waals surface area contributed by atoms with E-state index in [1.807, 2.05) is 65.4 Å². The lowest BCUT2D eigenvalue weighted by Crippen LogP contribution is -2.23. The van der Waals surface area contributed by atoms with Gasteiger partial charge in [0, 0.05) is 40.2 Å². The van der Waals surface area contributed by atoms with Gasteiger partial charge in [-0.3, -0.25) is 4.79 Å². The molecule has 3 N–H and O–H groups in total. The lowest BCUT2D eigenvalue weighted by atomic mass is 10.1. The van der Waals surface area contributed by atoms with Gasteiger partial charge in [-0.05, 0) is 48.4 Å². The zero-order valence-electron chi connectivity index (χ0n) is 20.5. The van der Waals surface area contributed by atoms with E-state index in [4.69, 9.17) is 23.2 Å². The highest BCUT2D eigenvalue weighted by Crippen LogP contribution is 2.25. The number of halogens is 4. The molecule has 6 nitrogen and oxygen atoms in total. The van der Waals surface area contributed by atoms with Crippen LogP contribution in [0.4, 0.5) is 5.69 Å². The van der Waals surface area contributed by atoms with E-state index < -0.39 is 6.10 Å². The van der Waals surface area contributed by atoms with Crippen molar-refractivity contribution in [2.24, 2.45) is 0 Å². The van der Waals surface area contributed by atoms with Crippen LogP contribution < -0.4 is 10.6 Å². The van der Waals surface area contributed by atoms with Crippen molar-refractivity contribution >= 4 is 59.6 Å². The van der Waals surface area contributed by atoms with Crippen molar-refractivity contribution in [3.8, 4) is 0 Å². The number of nitrogens with one attached hydrogen (secondary N) is 2. The minimum atomic E-state index is -0.527. The minimum Gasteiger partial charge on any atom is -0.387 e. The summed E-state index contributed by atoms with van der Waals surface area (Å²) in [4.78, 5) is 17.0. The largest absolute Gasteiger partial charge is 0.387 e. The number of amides is 1. The summed E-state index contributed by atoms with van der Waals surface area (Å²) in [6.07, 6.45) is 3.89. The van der Waals surface area contributed by atoms with E-state index >= 15 is 0 Å². The van der Waals surface area contributed by atoms with Crippen molar-refractivity contribution in [2.75, 3.05) is 18.4 Å². The van der Waals surface area contributed by atoms with E-state index in [0.29, 0.717) is 29.0 Å². The molecule has 4 rings (SSSR count). The van der Waals surface area contributed by atoms with Crippen molar-refractivity contribution in [3.05, 3.63) is 118 Å². The van der Waals surface area contributed by atoms with Crippen LogP contribution in [0.1, 0.15) is 28.6 Å². The fourth-order valence-corrected chi connectivity index (χ4v) is 4.39. The van der Waals surface area contributed by atoms with Crippen LogP contribution >= 0.6 is 48.0 Å². The number of rotatable bonds is 11. The molecule has 0 fully saturated rings. The van der Waals surface area contributed by atoms with Gasteiger partial charge >= 0.3 is 0 Å². The molecule has 10 heteroatoms. The van der Waals surface area contributed by atoms with Gasteiger partial charge < -0.3 is 20.3 Å². The van der Waals surface area contributed by atoms with Crippen molar-refractivity contribution in [1.29, 1.82) is 0 Å². The average molecular weight is 596 g/mol. The van der Waals surface area contributed by atoms with E-state index in [1.54, 1.807) is 24.4 Å². The molecule has 0 saturated carbocycles. The maximum Gasteiger partial charge on any atom is 0.231 e. The van der Waals surface area contributed by atoms with Crippen LogP contribution in [0.3, 0.4) is 0 Å². The molecule has 1 aromatic heterocycles. The summed E-state index contributed by atoms with van der Waals surface area (Å²) in [5, 5.41) is 17.6. The number of aromatic nitrogens is 2. The Bertz CT molecular complexity index is 1260. The lowest BCUT2D eigenvalue weighted by Gasteiger charge is -2.12. The summed E-state index contributed by atoms with van der Waals surface area (Å²) in [6, 6.07) is 22.8. The Hall–Kier alpha value is -2.58. The lowest BCUT2D eigenvalue weighted by molar-refractivity contribution is -0.115. The maximum atomic E-state index is 12.6. The topological polar surface area (TPSA) is 79.2 Å². The minimum absolute atomic E-state index is 0. The summed E-state index contributed by atoms with van der Waals surface area (Å²) in [5.41, 5.74) is 3.56. The Labute approximate surface area is 245 Å². The second kappa shape index (κ2) is 15.7. The number of carbonyl (C=O) groups excluding carboxylic acids is 1. The molecule has 4 aromatic rings. The molecule has 0 saturated heterocycles. The number of carbonyl (C=O) groups is 1. The molecule has 0 unspecified atom stereocenters. The highest BCUT2D eigenvalue weighted by atomic mass is 35.5. The van der Waals surface area contributed by atoms with Crippen LogP contribution in [0.15, 0.2) is 85.2 Å². The third kappa shape index (κ3) is 9.02. The third-order valence-corrected chi connectivity index (χ3v) is 6.57. The summed E-state index contributed by atoms with van der Waals surface area (Å²) >= 11 is 12.6. The van der Waals surface area contributed by atoms with Crippen LogP contribution in [-0.4, -0.2) is 33.7 Å². The van der Waals surface area contributed by atoms with Gasteiger partial charge in [-0.15, -0.1) is 24.8 Å². The van der Waals surface area contributed by atoms with Crippen LogP contribution in [0.5, 0.6) is 0 Å². The maximum absolute atomic E-state index is 12.6. The summed E-state index contributed by atoms with van der Waals surface area (Å²) in [7, 11) is 0. The highest BCUT2D eigenvalue weighted by molar-refractivity contribution is 6.36. The summed E-state index contributed by atoms with van der Waals surface area (Å²) in [5.74, 6) is 0.473.